The Morgan fingerprint density at radius 1 is 1.32 bits per heavy atom. The Balaban J connectivity index is 1.91. The van der Waals surface area contributed by atoms with Crippen LogP contribution in [0.1, 0.15) is 10.9 Å². The molecule has 0 aliphatic heterocycles. The summed E-state index contributed by atoms with van der Waals surface area (Å²) in [5.41, 5.74) is 0.911. The van der Waals surface area contributed by atoms with Gasteiger partial charge >= 0.3 is 0 Å². The molecular weight excluding hydrogens is 314 g/mol. The molecule has 0 bridgehead atoms. The lowest BCUT2D eigenvalue weighted by Gasteiger charge is -2.24. The topological polar surface area (TPSA) is 36.5 Å². The van der Waals surface area contributed by atoms with Crippen LogP contribution in [0.4, 0.5) is 5.69 Å². The van der Waals surface area contributed by atoms with E-state index in [9.17, 15) is 0 Å². The summed E-state index contributed by atoms with van der Waals surface area (Å²) >= 11 is 7.13. The molecule has 0 saturated carbocycles. The van der Waals surface area contributed by atoms with Crippen molar-refractivity contribution in [3.8, 4) is 5.75 Å². The van der Waals surface area contributed by atoms with Gasteiger partial charge in [0, 0.05) is 23.2 Å². The summed E-state index contributed by atoms with van der Waals surface area (Å²) in [4.78, 5) is 3.51. The Bertz CT molecular complexity index is 599. The van der Waals surface area contributed by atoms with Crippen molar-refractivity contribution >= 4 is 34.4 Å². The summed E-state index contributed by atoms with van der Waals surface area (Å²) < 4.78 is 5.21. The maximum absolute atomic E-state index is 5.37. The lowest BCUT2D eigenvalue weighted by atomic mass is 10.2. The largest absolute Gasteiger partial charge is 0.497 e. The van der Waals surface area contributed by atoms with E-state index in [4.69, 9.17) is 17.0 Å². The predicted molar refractivity (Wildman–Crippen MR) is 98.0 cm³/mol. The Morgan fingerprint density at radius 3 is 2.77 bits per heavy atom. The molecular formula is C16H21N3OS2. The Kier molecular flexibility index (Phi) is 6.18. The molecule has 1 heterocycles. The molecule has 0 saturated heterocycles. The highest BCUT2D eigenvalue weighted by atomic mass is 32.1. The minimum Gasteiger partial charge on any atom is -0.497 e. The molecule has 4 nitrogen and oxygen atoms in total. The first-order valence-corrected chi connectivity index (χ1v) is 8.27. The number of hydrogen-bond acceptors (Lipinski definition) is 4. The van der Waals surface area contributed by atoms with Crippen LogP contribution in [0.15, 0.2) is 41.8 Å². The average Bonchev–Trinajstić information content (AvgIpc) is 3.01. The van der Waals surface area contributed by atoms with E-state index in [1.165, 1.54) is 4.88 Å². The van der Waals surface area contributed by atoms with Gasteiger partial charge in [-0.1, -0.05) is 12.1 Å². The summed E-state index contributed by atoms with van der Waals surface area (Å²) in [5, 5.41) is 9.17. The Labute approximate surface area is 141 Å². The lowest BCUT2D eigenvalue weighted by Crippen LogP contribution is -2.36. The van der Waals surface area contributed by atoms with Gasteiger partial charge in [0.2, 0.25) is 0 Å². The molecule has 0 fully saturated rings. The molecule has 6 heteroatoms. The van der Waals surface area contributed by atoms with Crippen LogP contribution in [-0.2, 0) is 0 Å². The van der Waals surface area contributed by atoms with Gasteiger partial charge in [0.25, 0.3) is 0 Å². The van der Waals surface area contributed by atoms with Crippen molar-refractivity contribution in [3.05, 3.63) is 46.7 Å². The van der Waals surface area contributed by atoms with E-state index in [1.54, 1.807) is 18.4 Å². The van der Waals surface area contributed by atoms with Crippen molar-refractivity contribution in [3.63, 3.8) is 0 Å². The Hall–Kier alpha value is -1.63. The first-order chi connectivity index (χ1) is 10.6. The lowest BCUT2D eigenvalue weighted by molar-refractivity contribution is 0.303. The molecule has 2 rings (SSSR count). The normalized spacial score (nSPS) is 12.0. The second-order valence-electron chi connectivity index (χ2n) is 5.06. The van der Waals surface area contributed by atoms with E-state index in [1.807, 2.05) is 24.3 Å². The maximum Gasteiger partial charge on any atom is 0.170 e. The van der Waals surface area contributed by atoms with Gasteiger partial charge in [-0.3, -0.25) is 0 Å². The fraction of sp³-hybridized carbons (Fsp3) is 0.312. The minimum atomic E-state index is 0.296. The van der Waals surface area contributed by atoms with Crippen LogP contribution < -0.4 is 15.4 Å². The van der Waals surface area contributed by atoms with Gasteiger partial charge in [-0.05, 0) is 49.9 Å². The molecule has 1 aromatic heterocycles. The van der Waals surface area contributed by atoms with Crippen molar-refractivity contribution in [1.29, 1.82) is 0 Å². The maximum atomic E-state index is 5.37. The fourth-order valence-corrected chi connectivity index (χ4v) is 3.21. The molecule has 0 amide bonds. The van der Waals surface area contributed by atoms with Crippen LogP contribution in [0.3, 0.4) is 0 Å². The molecule has 2 aromatic rings. The van der Waals surface area contributed by atoms with Crippen LogP contribution in [0.25, 0.3) is 0 Å². The number of ether oxygens (including phenoxy) is 1. The zero-order valence-corrected chi connectivity index (χ0v) is 14.6. The quantitative estimate of drug-likeness (QED) is 0.792. The zero-order chi connectivity index (χ0) is 15.9. The molecule has 1 aromatic carbocycles. The summed E-state index contributed by atoms with van der Waals surface area (Å²) in [6, 6.07) is 12.2. The molecule has 118 valence electrons. The van der Waals surface area contributed by atoms with Gasteiger partial charge in [0.15, 0.2) is 5.11 Å². The Morgan fingerprint density at radius 2 is 2.14 bits per heavy atom. The van der Waals surface area contributed by atoms with Gasteiger partial charge in [0.1, 0.15) is 5.75 Å². The van der Waals surface area contributed by atoms with Crippen molar-refractivity contribution < 1.29 is 4.74 Å². The summed E-state index contributed by atoms with van der Waals surface area (Å²) in [5.74, 6) is 0.803. The van der Waals surface area contributed by atoms with Crippen LogP contribution in [0.5, 0.6) is 5.75 Å². The highest BCUT2D eigenvalue weighted by Gasteiger charge is 2.15. The first kappa shape index (κ1) is 16.7. The minimum absolute atomic E-state index is 0.296. The molecule has 0 spiro atoms. The van der Waals surface area contributed by atoms with Gasteiger partial charge in [-0.25, -0.2) is 0 Å². The average molecular weight is 335 g/mol. The number of rotatable bonds is 6. The van der Waals surface area contributed by atoms with Crippen molar-refractivity contribution in [1.82, 2.24) is 10.2 Å². The number of nitrogens with zero attached hydrogens (tertiary/aromatic N) is 1. The molecule has 22 heavy (non-hydrogen) atoms. The van der Waals surface area contributed by atoms with Gasteiger partial charge in [0.05, 0.1) is 13.2 Å². The van der Waals surface area contributed by atoms with E-state index in [0.717, 1.165) is 18.0 Å². The molecule has 2 N–H and O–H groups in total. The third-order valence-electron chi connectivity index (χ3n) is 3.28. The van der Waals surface area contributed by atoms with Gasteiger partial charge < -0.3 is 20.3 Å². The number of hydrogen-bond donors (Lipinski definition) is 2. The van der Waals surface area contributed by atoms with Crippen molar-refractivity contribution in [2.45, 2.75) is 6.04 Å². The highest BCUT2D eigenvalue weighted by Crippen LogP contribution is 2.22. The number of thiocarbonyl (C=S) groups is 1. The summed E-state index contributed by atoms with van der Waals surface area (Å²) in [6.07, 6.45) is 0. The van der Waals surface area contributed by atoms with Crippen molar-refractivity contribution in [2.24, 2.45) is 0 Å². The zero-order valence-electron chi connectivity index (χ0n) is 13.0. The number of nitrogens with one attached hydrogen (secondary N) is 2. The number of benzene rings is 1. The number of likely N-dealkylation sites (N-methyl/N-ethyl adjacent to an activating group) is 1. The standard InChI is InChI=1S/C16H21N3OS2/c1-19(2)14(15-8-5-9-22-15)11-17-16(21)18-12-6-4-7-13(10-12)20-3/h4-10,14H,11H2,1-3H3,(H2,17,18,21)/t14-/m0/s1. The van der Waals surface area contributed by atoms with Gasteiger partial charge in [-0.15, -0.1) is 11.3 Å². The third kappa shape index (κ3) is 4.69. The molecule has 0 aliphatic rings. The van der Waals surface area contributed by atoms with Crippen LogP contribution >= 0.6 is 23.6 Å². The van der Waals surface area contributed by atoms with E-state index in [-0.39, 0.29) is 0 Å². The van der Waals surface area contributed by atoms with Gasteiger partial charge in [-0.2, -0.15) is 0 Å². The first-order valence-electron chi connectivity index (χ1n) is 6.99. The third-order valence-corrected chi connectivity index (χ3v) is 4.50. The van der Waals surface area contributed by atoms with E-state index >= 15 is 0 Å². The van der Waals surface area contributed by atoms with Crippen LogP contribution in [0.2, 0.25) is 0 Å². The molecule has 0 unspecified atom stereocenters. The van der Waals surface area contributed by atoms with Crippen molar-refractivity contribution in [2.75, 3.05) is 33.1 Å². The molecule has 1 atom stereocenters. The highest BCUT2D eigenvalue weighted by molar-refractivity contribution is 7.80. The van der Waals surface area contributed by atoms with E-state index in [2.05, 4.69) is 47.1 Å². The molecule has 0 radical (unpaired) electrons. The SMILES string of the molecule is COc1cccc(NC(=S)NC[C@@H](c2cccs2)N(C)C)c1. The number of anilines is 1. The summed E-state index contributed by atoms with van der Waals surface area (Å²) in [6.45, 7) is 0.753. The monoisotopic (exact) mass is 335 g/mol. The summed E-state index contributed by atoms with van der Waals surface area (Å²) in [7, 11) is 5.80. The second kappa shape index (κ2) is 8.12. The number of thiophene rings is 1. The van der Waals surface area contributed by atoms with Crippen LogP contribution in [-0.4, -0.2) is 37.8 Å². The van der Waals surface area contributed by atoms with Crippen LogP contribution in [0, 0.1) is 0 Å². The molecule has 0 aliphatic carbocycles. The second-order valence-corrected chi connectivity index (χ2v) is 6.45. The predicted octanol–water partition coefficient (Wildman–Crippen LogP) is 3.35. The smallest absolute Gasteiger partial charge is 0.170 e. The number of methoxy groups -OCH3 is 1. The van der Waals surface area contributed by atoms with E-state index in [0.29, 0.717) is 11.2 Å². The fourth-order valence-electron chi connectivity index (χ4n) is 2.08. The van der Waals surface area contributed by atoms with E-state index < -0.39 is 0 Å².